The van der Waals surface area contributed by atoms with E-state index in [1.54, 1.807) is 52.2 Å². The summed E-state index contributed by atoms with van der Waals surface area (Å²) in [4.78, 5) is 61.0. The van der Waals surface area contributed by atoms with E-state index in [0.29, 0.717) is 34.4 Å². The maximum absolute atomic E-state index is 14.6. The number of esters is 2. The second-order valence-electron chi connectivity index (χ2n) is 18.4. The van der Waals surface area contributed by atoms with Gasteiger partial charge in [-0.15, -0.1) is 0 Å². The lowest BCUT2D eigenvalue weighted by Crippen LogP contribution is -2.56. The number of hydrogen-bond acceptors (Lipinski definition) is 9. The fourth-order valence-corrected chi connectivity index (χ4v) is 8.66. The van der Waals surface area contributed by atoms with Crippen LogP contribution in [0, 0.1) is 0 Å². The highest BCUT2D eigenvalue weighted by Crippen LogP contribution is 2.46. The number of pyridine rings is 1. The molecule has 4 aromatic carbocycles. The summed E-state index contributed by atoms with van der Waals surface area (Å²) in [5.41, 5.74) is 1.94. The first-order valence-electron chi connectivity index (χ1n) is 22.0. The van der Waals surface area contributed by atoms with Crippen molar-refractivity contribution in [3.8, 4) is 5.75 Å². The van der Waals surface area contributed by atoms with E-state index in [2.05, 4.69) is 6.58 Å². The van der Waals surface area contributed by atoms with Gasteiger partial charge in [0.1, 0.15) is 35.4 Å². The van der Waals surface area contributed by atoms with Crippen LogP contribution in [0.1, 0.15) is 106 Å². The van der Waals surface area contributed by atoms with Crippen LogP contribution >= 0.6 is 0 Å². The molecule has 1 N–H and O–H groups in total. The molecule has 65 heavy (non-hydrogen) atoms. The van der Waals surface area contributed by atoms with Crippen LogP contribution in [0.4, 0.5) is 9.59 Å². The Kier molecular flexibility index (Phi) is 13.8. The Morgan fingerprint density at radius 2 is 1.05 bits per heavy atom. The van der Waals surface area contributed by atoms with E-state index in [0.717, 1.165) is 5.56 Å². The first kappa shape index (κ1) is 46.1. The lowest BCUT2D eigenvalue weighted by molar-refractivity contribution is -0.687. The lowest BCUT2D eigenvalue weighted by Gasteiger charge is -2.45. The maximum Gasteiger partial charge on any atom is 0.411 e. The molecule has 338 valence electrons. The van der Waals surface area contributed by atoms with Crippen molar-refractivity contribution < 1.29 is 47.8 Å². The number of ether oxygens (including phenoxy) is 4. The molecule has 0 radical (unpaired) electrons. The number of carbonyl (C=O) groups is 4. The third-order valence-electron chi connectivity index (χ3n) is 11.4. The van der Waals surface area contributed by atoms with Crippen LogP contribution in [-0.4, -0.2) is 62.3 Å². The Labute approximate surface area is 381 Å². The molecule has 0 unspecified atom stereocenters. The molecular weight excluding hydrogens is 823 g/mol. The number of hydrogen-bond donors (Lipinski definition) is 1. The third-order valence-corrected chi connectivity index (χ3v) is 11.4. The van der Waals surface area contributed by atoms with Crippen molar-refractivity contribution in [1.82, 2.24) is 9.80 Å². The molecule has 1 aromatic heterocycles. The van der Waals surface area contributed by atoms with Gasteiger partial charge in [0, 0.05) is 17.5 Å². The van der Waals surface area contributed by atoms with E-state index >= 15 is 0 Å². The summed E-state index contributed by atoms with van der Waals surface area (Å²) in [5, 5.41) is 11.9. The first-order valence-corrected chi connectivity index (χ1v) is 22.0. The molecule has 0 spiro atoms. The second-order valence-corrected chi connectivity index (χ2v) is 18.4. The van der Waals surface area contributed by atoms with Gasteiger partial charge in [-0.2, -0.15) is 4.57 Å². The van der Waals surface area contributed by atoms with Crippen LogP contribution in [0.5, 0.6) is 5.75 Å². The number of nitrogens with zero attached hydrogens (tertiary/aromatic N) is 3. The smallest absolute Gasteiger partial charge is 0.411 e. The summed E-state index contributed by atoms with van der Waals surface area (Å²) in [6, 6.07) is 33.3. The first-order chi connectivity index (χ1) is 31.0. The topological polar surface area (TPSA) is 136 Å². The molecule has 7 rings (SSSR count). The van der Waals surface area contributed by atoms with Crippen molar-refractivity contribution in [1.29, 1.82) is 0 Å². The quantitative estimate of drug-likeness (QED) is 0.0596. The van der Waals surface area contributed by atoms with Gasteiger partial charge in [0.2, 0.25) is 6.20 Å². The summed E-state index contributed by atoms with van der Waals surface area (Å²) in [6.07, 6.45) is 1.86. The second kappa shape index (κ2) is 19.4. The number of allylic oxidation sites excluding steroid dienone is 1. The summed E-state index contributed by atoms with van der Waals surface area (Å²) in [5.74, 6) is -1.46. The molecule has 2 saturated heterocycles. The fourth-order valence-electron chi connectivity index (χ4n) is 8.66. The Hall–Kier alpha value is -6.95. The van der Waals surface area contributed by atoms with Crippen molar-refractivity contribution in [3.05, 3.63) is 180 Å². The molecule has 0 saturated carbocycles. The fraction of sp³-hybridized carbons (Fsp3) is 0.340. The van der Waals surface area contributed by atoms with Crippen LogP contribution in [0.2, 0.25) is 0 Å². The predicted octanol–water partition coefficient (Wildman–Crippen LogP) is 9.63. The molecule has 2 fully saturated rings. The highest BCUT2D eigenvalue weighted by atomic mass is 16.6. The standard InChI is InChI=1S/C53H57N3O9/c1-8-31-54-33-39(29-30-41-48(58)62-46(37-25-17-11-18-26-37)44(35-21-13-9-14-22-35)55(41)50(60)64-52(2,3)4)40(43(57)34-54)32-42-49(59)63-47(38-27-19-12-20-28-38)45(36-23-15-10-16-24-36)56(42)51(61)65-53(5,6)7/h8-28,33-34,41-42,44-47H,1,29-32H2,2-7H3/p+1/t41-,42-,44-,45-,46+,47+/m0/s1. The van der Waals surface area contributed by atoms with Crippen LogP contribution in [0.3, 0.4) is 0 Å². The van der Waals surface area contributed by atoms with E-state index in [4.69, 9.17) is 18.9 Å². The Morgan fingerprint density at radius 3 is 1.46 bits per heavy atom. The summed E-state index contributed by atoms with van der Waals surface area (Å²) in [7, 11) is 0. The lowest BCUT2D eigenvalue weighted by atomic mass is 9.88. The Bertz CT molecular complexity index is 2470. The van der Waals surface area contributed by atoms with Crippen LogP contribution in [0.25, 0.3) is 0 Å². The van der Waals surface area contributed by atoms with E-state index in [1.165, 1.54) is 16.0 Å². The van der Waals surface area contributed by atoms with Gasteiger partial charge in [-0.1, -0.05) is 128 Å². The van der Waals surface area contributed by atoms with Crippen molar-refractivity contribution in [2.24, 2.45) is 0 Å². The largest absolute Gasteiger partial charge is 0.503 e. The van der Waals surface area contributed by atoms with Crippen molar-refractivity contribution in [3.63, 3.8) is 0 Å². The number of amides is 2. The molecule has 5 aromatic rings. The molecule has 2 aliphatic rings. The Morgan fingerprint density at radius 1 is 0.646 bits per heavy atom. The van der Waals surface area contributed by atoms with Crippen LogP contribution in [-0.2, 0) is 47.9 Å². The molecule has 2 amide bonds. The number of morpholine rings is 2. The highest BCUT2D eigenvalue weighted by molar-refractivity contribution is 5.85. The summed E-state index contributed by atoms with van der Waals surface area (Å²) >= 11 is 0. The van der Waals surface area contributed by atoms with Gasteiger partial charge in [-0.05, 0) is 82.7 Å². The van der Waals surface area contributed by atoms with Gasteiger partial charge in [-0.3, -0.25) is 9.80 Å². The van der Waals surface area contributed by atoms with E-state index in [1.807, 2.05) is 128 Å². The molecule has 6 atom stereocenters. The molecular formula is C53H58N3O9+. The van der Waals surface area contributed by atoms with Gasteiger partial charge >= 0.3 is 24.1 Å². The SMILES string of the molecule is C=CC[n+]1cc(O)c(C[C@H]2C(=O)O[C@H](c3ccccc3)[C@H](c3ccccc3)N2C(=O)OC(C)(C)C)c(CC[C@H]2C(=O)O[C@H](c3ccccc3)[C@H](c3ccccc3)N2C(=O)OC(C)(C)C)c1. The average molecular weight is 881 g/mol. The average Bonchev–Trinajstić information content (AvgIpc) is 3.27. The molecule has 0 aliphatic carbocycles. The third kappa shape index (κ3) is 10.7. The maximum atomic E-state index is 14.6. The van der Waals surface area contributed by atoms with E-state index in [9.17, 15) is 24.3 Å². The van der Waals surface area contributed by atoms with Gasteiger partial charge in [-0.25, -0.2) is 19.2 Å². The van der Waals surface area contributed by atoms with Crippen molar-refractivity contribution in [2.75, 3.05) is 0 Å². The number of cyclic esters (lactones) is 2. The van der Waals surface area contributed by atoms with Crippen molar-refractivity contribution >= 4 is 24.1 Å². The molecule has 2 aliphatic heterocycles. The molecule has 3 heterocycles. The minimum absolute atomic E-state index is 0.0427. The van der Waals surface area contributed by atoms with Gasteiger partial charge < -0.3 is 24.1 Å². The zero-order chi connectivity index (χ0) is 46.5. The summed E-state index contributed by atoms with van der Waals surface area (Å²) in [6.45, 7) is 14.8. The molecule has 12 heteroatoms. The minimum atomic E-state index is -1.26. The highest BCUT2D eigenvalue weighted by Gasteiger charge is 2.51. The van der Waals surface area contributed by atoms with Gasteiger partial charge in [0.15, 0.2) is 30.7 Å². The number of benzene rings is 4. The number of aryl methyl sites for hydroxylation is 1. The molecule has 12 nitrogen and oxygen atoms in total. The normalized spacial score (nSPS) is 21.2. The van der Waals surface area contributed by atoms with Gasteiger partial charge in [0.05, 0.1) is 0 Å². The number of aromatic hydroxyl groups is 1. The Balaban J connectivity index is 1.31. The van der Waals surface area contributed by atoms with Gasteiger partial charge in [0.25, 0.3) is 0 Å². The predicted molar refractivity (Wildman–Crippen MR) is 243 cm³/mol. The zero-order valence-corrected chi connectivity index (χ0v) is 37.8. The monoisotopic (exact) mass is 880 g/mol. The number of aromatic nitrogens is 1. The number of carbonyl (C=O) groups excluding carboxylic acids is 4. The van der Waals surface area contributed by atoms with Crippen LogP contribution in [0.15, 0.2) is 146 Å². The zero-order valence-electron chi connectivity index (χ0n) is 37.8. The molecule has 0 bridgehead atoms. The van der Waals surface area contributed by atoms with Crippen LogP contribution < -0.4 is 4.57 Å². The number of rotatable bonds is 11. The van der Waals surface area contributed by atoms with E-state index in [-0.39, 0.29) is 25.0 Å². The minimum Gasteiger partial charge on any atom is -0.503 e. The van der Waals surface area contributed by atoms with Crippen molar-refractivity contribution in [2.45, 2.75) is 115 Å². The summed E-state index contributed by atoms with van der Waals surface area (Å²) < 4.78 is 26.4. The van der Waals surface area contributed by atoms with E-state index < -0.39 is 71.7 Å².